The number of aryl methyl sites for hydroxylation is 1. The molecule has 1 aliphatic rings. The van der Waals surface area contributed by atoms with Crippen molar-refractivity contribution in [3.63, 3.8) is 0 Å². The number of carbonyl (C=O) groups excluding carboxylic acids is 1. The summed E-state index contributed by atoms with van der Waals surface area (Å²) in [5.74, 6) is 0.103. The molecule has 0 atom stereocenters. The first-order valence-electron chi connectivity index (χ1n) is 10.1. The molecule has 0 radical (unpaired) electrons. The summed E-state index contributed by atoms with van der Waals surface area (Å²) >= 11 is 7.77. The molecule has 2 aromatic carbocycles. The zero-order chi connectivity index (χ0) is 20.1. The van der Waals surface area contributed by atoms with E-state index in [9.17, 15) is 4.79 Å². The molecule has 0 spiro atoms. The Bertz CT molecular complexity index is 931. The molecule has 0 saturated carbocycles. The number of fused-ring (bicyclic) bond motifs is 1. The number of ether oxygens (including phenoxy) is 1. The van der Waals surface area contributed by atoms with Gasteiger partial charge in [-0.25, -0.2) is 4.98 Å². The number of aromatic nitrogens is 1. The van der Waals surface area contributed by atoms with Crippen molar-refractivity contribution in [2.45, 2.75) is 37.5 Å². The number of nitrogens with one attached hydrogen (secondary N) is 1. The van der Waals surface area contributed by atoms with Crippen LogP contribution >= 0.6 is 22.9 Å². The van der Waals surface area contributed by atoms with Gasteiger partial charge >= 0.3 is 0 Å². The van der Waals surface area contributed by atoms with E-state index in [-0.39, 0.29) is 11.3 Å². The molecule has 0 unspecified atom stereocenters. The van der Waals surface area contributed by atoms with Gasteiger partial charge in [-0.1, -0.05) is 35.9 Å². The van der Waals surface area contributed by atoms with Gasteiger partial charge in [0.1, 0.15) is 0 Å². The number of hydrogen-bond acceptors (Lipinski definition) is 4. The van der Waals surface area contributed by atoms with Crippen LogP contribution < -0.4 is 5.32 Å². The Labute approximate surface area is 180 Å². The lowest BCUT2D eigenvalue weighted by Crippen LogP contribution is -2.44. The predicted octanol–water partition coefficient (Wildman–Crippen LogP) is 5.14. The molecular weight excluding hydrogens is 404 g/mol. The first-order valence-corrected chi connectivity index (χ1v) is 11.3. The van der Waals surface area contributed by atoms with Crippen molar-refractivity contribution >= 4 is 39.1 Å². The number of para-hydroxylation sites is 1. The van der Waals surface area contributed by atoms with Crippen LogP contribution in [0.2, 0.25) is 5.02 Å². The fourth-order valence-electron chi connectivity index (χ4n) is 3.92. The van der Waals surface area contributed by atoms with Crippen LogP contribution in [0, 0.1) is 0 Å². The van der Waals surface area contributed by atoms with Crippen molar-refractivity contribution in [3.05, 3.63) is 64.1 Å². The highest BCUT2D eigenvalue weighted by atomic mass is 35.5. The minimum Gasteiger partial charge on any atom is -0.381 e. The first-order chi connectivity index (χ1) is 14.1. The van der Waals surface area contributed by atoms with Gasteiger partial charge in [-0.05, 0) is 55.5 Å². The van der Waals surface area contributed by atoms with Crippen LogP contribution in [0.5, 0.6) is 0 Å². The van der Waals surface area contributed by atoms with Crippen LogP contribution in [-0.2, 0) is 21.4 Å². The molecule has 1 fully saturated rings. The third kappa shape index (κ3) is 4.97. The zero-order valence-electron chi connectivity index (χ0n) is 16.3. The minimum absolute atomic E-state index is 0.0778. The number of benzene rings is 2. The molecule has 3 aromatic rings. The van der Waals surface area contributed by atoms with Gasteiger partial charge in [0, 0.05) is 36.6 Å². The molecule has 1 saturated heterocycles. The standard InChI is InChI=1S/C23H25ClN2O2S/c24-18-10-8-17(9-11-18)23(12-14-28-15-13-23)16-25-21(27)6-3-7-22-26-19-4-1-2-5-20(19)29-22/h1-2,4-5,8-11H,3,6-7,12-16H2,(H,25,27). The van der Waals surface area contributed by atoms with Crippen molar-refractivity contribution in [2.75, 3.05) is 19.8 Å². The van der Waals surface area contributed by atoms with Crippen molar-refractivity contribution < 1.29 is 9.53 Å². The number of carbonyl (C=O) groups is 1. The molecular formula is C23H25ClN2O2S. The lowest BCUT2D eigenvalue weighted by molar-refractivity contribution is -0.121. The largest absolute Gasteiger partial charge is 0.381 e. The normalized spacial score (nSPS) is 16.0. The van der Waals surface area contributed by atoms with E-state index in [2.05, 4.69) is 28.5 Å². The van der Waals surface area contributed by atoms with Crippen molar-refractivity contribution in [1.29, 1.82) is 0 Å². The number of rotatable bonds is 7. The van der Waals surface area contributed by atoms with E-state index in [0.717, 1.165) is 54.4 Å². The van der Waals surface area contributed by atoms with Crippen LogP contribution in [0.15, 0.2) is 48.5 Å². The van der Waals surface area contributed by atoms with Crippen molar-refractivity contribution in [1.82, 2.24) is 10.3 Å². The molecule has 2 heterocycles. The molecule has 0 bridgehead atoms. The molecule has 4 rings (SSSR count). The maximum absolute atomic E-state index is 12.5. The molecule has 1 aliphatic heterocycles. The molecule has 0 aliphatic carbocycles. The number of thiazole rings is 1. The summed E-state index contributed by atoms with van der Waals surface area (Å²) in [7, 11) is 0. The van der Waals surface area contributed by atoms with Crippen molar-refractivity contribution in [3.8, 4) is 0 Å². The highest BCUT2D eigenvalue weighted by Gasteiger charge is 2.34. The van der Waals surface area contributed by atoms with E-state index in [1.165, 1.54) is 10.3 Å². The second-order valence-electron chi connectivity index (χ2n) is 7.61. The van der Waals surface area contributed by atoms with Gasteiger partial charge in [-0.15, -0.1) is 11.3 Å². The number of nitrogens with zero attached hydrogens (tertiary/aromatic N) is 1. The number of amides is 1. The third-order valence-corrected chi connectivity index (χ3v) is 7.01. The molecule has 4 nitrogen and oxygen atoms in total. The quantitative estimate of drug-likeness (QED) is 0.567. The van der Waals surface area contributed by atoms with Crippen LogP contribution in [0.25, 0.3) is 10.2 Å². The van der Waals surface area contributed by atoms with Gasteiger partial charge in [0.05, 0.1) is 15.2 Å². The van der Waals surface area contributed by atoms with Gasteiger partial charge in [0.2, 0.25) is 5.91 Å². The van der Waals surface area contributed by atoms with Gasteiger partial charge in [0.15, 0.2) is 0 Å². The summed E-state index contributed by atoms with van der Waals surface area (Å²) in [5, 5.41) is 5.00. The fourth-order valence-corrected chi connectivity index (χ4v) is 5.05. The lowest BCUT2D eigenvalue weighted by Gasteiger charge is -2.38. The number of halogens is 1. The average molecular weight is 429 g/mol. The Balaban J connectivity index is 1.31. The third-order valence-electron chi connectivity index (χ3n) is 5.66. The Hall–Kier alpha value is -1.95. The second kappa shape index (κ2) is 9.24. The topological polar surface area (TPSA) is 51.2 Å². The summed E-state index contributed by atoms with van der Waals surface area (Å²) in [6.45, 7) is 2.07. The van der Waals surface area contributed by atoms with Crippen molar-refractivity contribution in [2.24, 2.45) is 0 Å². The van der Waals surface area contributed by atoms with Crippen LogP contribution in [0.4, 0.5) is 0 Å². The fraction of sp³-hybridized carbons (Fsp3) is 0.391. The molecule has 1 N–H and O–H groups in total. The molecule has 1 amide bonds. The van der Waals surface area contributed by atoms with Crippen LogP contribution in [-0.4, -0.2) is 30.6 Å². The monoisotopic (exact) mass is 428 g/mol. The average Bonchev–Trinajstić information content (AvgIpc) is 3.16. The van der Waals surface area contributed by atoms with E-state index in [0.29, 0.717) is 13.0 Å². The maximum Gasteiger partial charge on any atom is 0.220 e. The van der Waals surface area contributed by atoms with E-state index < -0.39 is 0 Å². The summed E-state index contributed by atoms with van der Waals surface area (Å²) in [4.78, 5) is 17.1. The van der Waals surface area contributed by atoms with Crippen LogP contribution in [0.1, 0.15) is 36.3 Å². The SMILES string of the molecule is O=C(CCCc1nc2ccccc2s1)NCC1(c2ccc(Cl)cc2)CCOCC1. The Morgan fingerprint density at radius 3 is 2.66 bits per heavy atom. The van der Waals surface area contributed by atoms with E-state index in [1.54, 1.807) is 11.3 Å². The summed E-state index contributed by atoms with van der Waals surface area (Å²) in [5.41, 5.74) is 2.19. The summed E-state index contributed by atoms with van der Waals surface area (Å²) in [6, 6.07) is 16.2. The van der Waals surface area contributed by atoms with E-state index >= 15 is 0 Å². The molecule has 152 valence electrons. The van der Waals surface area contributed by atoms with Gasteiger partial charge in [-0.3, -0.25) is 4.79 Å². The Kier molecular flexibility index (Phi) is 6.48. The second-order valence-corrected chi connectivity index (χ2v) is 9.16. The zero-order valence-corrected chi connectivity index (χ0v) is 17.9. The first kappa shape index (κ1) is 20.3. The van der Waals surface area contributed by atoms with E-state index in [4.69, 9.17) is 16.3 Å². The van der Waals surface area contributed by atoms with Gasteiger partial charge in [-0.2, -0.15) is 0 Å². The molecule has 6 heteroatoms. The summed E-state index contributed by atoms with van der Waals surface area (Å²) < 4.78 is 6.78. The molecule has 1 aromatic heterocycles. The minimum atomic E-state index is -0.0778. The summed E-state index contributed by atoms with van der Waals surface area (Å²) in [6.07, 6.45) is 3.97. The smallest absolute Gasteiger partial charge is 0.220 e. The molecule has 29 heavy (non-hydrogen) atoms. The van der Waals surface area contributed by atoms with Gasteiger partial charge < -0.3 is 10.1 Å². The highest BCUT2D eigenvalue weighted by Crippen LogP contribution is 2.35. The predicted molar refractivity (Wildman–Crippen MR) is 119 cm³/mol. The van der Waals surface area contributed by atoms with Gasteiger partial charge in [0.25, 0.3) is 0 Å². The Morgan fingerprint density at radius 1 is 1.14 bits per heavy atom. The maximum atomic E-state index is 12.5. The van der Waals surface area contributed by atoms with Crippen LogP contribution in [0.3, 0.4) is 0 Å². The lowest BCUT2D eigenvalue weighted by atomic mass is 9.74. The number of hydrogen-bond donors (Lipinski definition) is 1. The Morgan fingerprint density at radius 2 is 1.90 bits per heavy atom. The highest BCUT2D eigenvalue weighted by molar-refractivity contribution is 7.18. The van der Waals surface area contributed by atoms with E-state index in [1.807, 2.05) is 30.3 Å².